The fourth-order valence-corrected chi connectivity index (χ4v) is 4.46. The van der Waals surface area contributed by atoms with E-state index in [1.165, 1.54) is 25.7 Å². The highest BCUT2D eigenvalue weighted by Gasteiger charge is 2.58. The fraction of sp³-hybridized carbons (Fsp3) is 0.933. The number of carbonyl (C=O) groups excluding carboxylic acids is 1. The molecule has 4 aliphatic rings. The van der Waals surface area contributed by atoms with Gasteiger partial charge in [0.2, 0.25) is 12.3 Å². The van der Waals surface area contributed by atoms with E-state index in [1.807, 2.05) is 0 Å². The minimum atomic E-state index is -0.405. The lowest BCUT2D eigenvalue weighted by Gasteiger charge is -2.34. The Labute approximate surface area is 130 Å². The van der Waals surface area contributed by atoms with Crippen molar-refractivity contribution in [3.05, 3.63) is 0 Å². The third-order valence-electron chi connectivity index (χ3n) is 5.58. The Morgan fingerprint density at radius 2 is 1.90 bits per heavy atom. The van der Waals surface area contributed by atoms with Crippen LogP contribution in [0.1, 0.15) is 51.4 Å². The fourth-order valence-electron chi connectivity index (χ4n) is 3.94. The topological polar surface area (TPSA) is 62.4 Å². The SMILES string of the molecule is O=C(NC1NNC(C2CC2)O1)C1(C2CCCCC2Cl)CC1. The first-order valence-corrected chi connectivity index (χ1v) is 8.74. The second-order valence-electron chi connectivity index (χ2n) is 7.10. The Bertz CT molecular complexity index is 425. The number of rotatable bonds is 4. The zero-order valence-electron chi connectivity index (χ0n) is 12.2. The van der Waals surface area contributed by atoms with Gasteiger partial charge in [-0.2, -0.15) is 0 Å². The molecule has 0 radical (unpaired) electrons. The molecule has 5 nitrogen and oxygen atoms in total. The summed E-state index contributed by atoms with van der Waals surface area (Å²) < 4.78 is 5.81. The molecule has 0 spiro atoms. The Balaban J connectivity index is 1.36. The van der Waals surface area contributed by atoms with Crippen molar-refractivity contribution in [1.29, 1.82) is 0 Å². The van der Waals surface area contributed by atoms with Crippen LogP contribution in [0.2, 0.25) is 0 Å². The monoisotopic (exact) mass is 313 g/mol. The molecule has 0 aromatic heterocycles. The molecular formula is C15H24ClN3O2. The summed E-state index contributed by atoms with van der Waals surface area (Å²) in [4.78, 5) is 12.7. The molecule has 4 atom stereocenters. The molecule has 21 heavy (non-hydrogen) atoms. The molecule has 4 fully saturated rings. The van der Waals surface area contributed by atoms with Gasteiger partial charge in [-0.1, -0.05) is 12.8 Å². The maximum Gasteiger partial charge on any atom is 0.229 e. The number of carbonyl (C=O) groups is 1. The molecule has 4 rings (SSSR count). The highest BCUT2D eigenvalue weighted by molar-refractivity contribution is 6.21. The van der Waals surface area contributed by atoms with Crippen molar-refractivity contribution >= 4 is 17.5 Å². The zero-order chi connectivity index (χ0) is 14.4. The van der Waals surface area contributed by atoms with Gasteiger partial charge in [0.1, 0.15) is 6.23 Å². The number of ether oxygens (including phenoxy) is 1. The van der Waals surface area contributed by atoms with Gasteiger partial charge in [-0.3, -0.25) is 4.79 Å². The molecule has 4 unspecified atom stereocenters. The highest BCUT2D eigenvalue weighted by Crippen LogP contribution is 2.57. The van der Waals surface area contributed by atoms with Crippen molar-refractivity contribution in [1.82, 2.24) is 16.2 Å². The van der Waals surface area contributed by atoms with E-state index < -0.39 is 6.35 Å². The van der Waals surface area contributed by atoms with Crippen molar-refractivity contribution in [2.45, 2.75) is 69.3 Å². The van der Waals surface area contributed by atoms with E-state index in [0.29, 0.717) is 11.8 Å². The van der Waals surface area contributed by atoms with Crippen LogP contribution in [0.4, 0.5) is 0 Å². The van der Waals surface area contributed by atoms with Crippen LogP contribution in [0.5, 0.6) is 0 Å². The van der Waals surface area contributed by atoms with Gasteiger partial charge in [0.15, 0.2) is 0 Å². The first-order chi connectivity index (χ1) is 10.2. The van der Waals surface area contributed by atoms with Crippen LogP contribution in [0, 0.1) is 17.3 Å². The van der Waals surface area contributed by atoms with Gasteiger partial charge in [-0.25, -0.2) is 10.9 Å². The first-order valence-electron chi connectivity index (χ1n) is 8.31. The number of alkyl halides is 1. The van der Waals surface area contributed by atoms with Crippen LogP contribution >= 0.6 is 11.6 Å². The highest BCUT2D eigenvalue weighted by atomic mass is 35.5. The molecule has 3 aliphatic carbocycles. The molecule has 118 valence electrons. The summed E-state index contributed by atoms with van der Waals surface area (Å²) in [6.45, 7) is 0. The van der Waals surface area contributed by atoms with Crippen molar-refractivity contribution in [2.24, 2.45) is 17.3 Å². The summed E-state index contributed by atoms with van der Waals surface area (Å²) in [6.07, 6.45) is 8.53. The number of halogens is 1. The van der Waals surface area contributed by atoms with E-state index in [4.69, 9.17) is 16.3 Å². The van der Waals surface area contributed by atoms with Gasteiger partial charge in [0.05, 0.1) is 5.41 Å². The van der Waals surface area contributed by atoms with Crippen LogP contribution < -0.4 is 16.2 Å². The summed E-state index contributed by atoms with van der Waals surface area (Å²) in [6, 6.07) is 0. The number of hydrogen-bond donors (Lipinski definition) is 3. The number of nitrogens with one attached hydrogen (secondary N) is 3. The lowest BCUT2D eigenvalue weighted by Crippen LogP contribution is -2.50. The van der Waals surface area contributed by atoms with Crippen LogP contribution in [0.15, 0.2) is 0 Å². The van der Waals surface area contributed by atoms with E-state index >= 15 is 0 Å². The molecule has 1 aliphatic heterocycles. The second-order valence-corrected chi connectivity index (χ2v) is 7.66. The zero-order valence-corrected chi connectivity index (χ0v) is 13.0. The standard InChI is InChI=1S/C15H24ClN3O2/c16-11-4-2-1-3-10(11)15(7-8-15)13(20)17-14-19-18-12(21-14)9-5-6-9/h9-12,14,18-19H,1-8H2,(H,17,20). The molecule has 0 aromatic rings. The van der Waals surface area contributed by atoms with Gasteiger partial charge < -0.3 is 10.1 Å². The smallest absolute Gasteiger partial charge is 0.229 e. The molecule has 6 heteroatoms. The van der Waals surface area contributed by atoms with Crippen molar-refractivity contribution in [3.8, 4) is 0 Å². The van der Waals surface area contributed by atoms with Crippen molar-refractivity contribution < 1.29 is 9.53 Å². The van der Waals surface area contributed by atoms with Crippen LogP contribution in [0.3, 0.4) is 0 Å². The molecule has 1 saturated heterocycles. The summed E-state index contributed by atoms with van der Waals surface area (Å²) in [7, 11) is 0. The van der Waals surface area contributed by atoms with Crippen molar-refractivity contribution in [2.75, 3.05) is 0 Å². The Morgan fingerprint density at radius 1 is 1.14 bits per heavy atom. The van der Waals surface area contributed by atoms with E-state index in [2.05, 4.69) is 16.2 Å². The van der Waals surface area contributed by atoms with E-state index in [0.717, 1.165) is 25.7 Å². The molecule has 0 bridgehead atoms. The third-order valence-corrected chi connectivity index (χ3v) is 6.11. The third kappa shape index (κ3) is 2.69. The maximum atomic E-state index is 12.7. The number of amides is 1. The van der Waals surface area contributed by atoms with Gasteiger partial charge in [0, 0.05) is 5.38 Å². The molecule has 1 heterocycles. The Hall–Kier alpha value is -0.360. The van der Waals surface area contributed by atoms with E-state index in [9.17, 15) is 4.79 Å². The molecule has 0 aromatic carbocycles. The van der Waals surface area contributed by atoms with Crippen molar-refractivity contribution in [3.63, 3.8) is 0 Å². The summed E-state index contributed by atoms with van der Waals surface area (Å²) >= 11 is 6.50. The number of hydrazine groups is 1. The lowest BCUT2D eigenvalue weighted by atomic mass is 9.77. The van der Waals surface area contributed by atoms with Gasteiger partial charge in [-0.05, 0) is 50.4 Å². The van der Waals surface area contributed by atoms with Crippen LogP contribution in [-0.4, -0.2) is 23.9 Å². The largest absolute Gasteiger partial charge is 0.324 e. The van der Waals surface area contributed by atoms with Crippen LogP contribution in [-0.2, 0) is 9.53 Å². The quantitative estimate of drug-likeness (QED) is 0.693. The van der Waals surface area contributed by atoms with Crippen LogP contribution in [0.25, 0.3) is 0 Å². The van der Waals surface area contributed by atoms with E-state index in [-0.39, 0.29) is 22.9 Å². The van der Waals surface area contributed by atoms with Gasteiger partial charge in [0.25, 0.3) is 0 Å². The predicted molar refractivity (Wildman–Crippen MR) is 79.1 cm³/mol. The second kappa shape index (κ2) is 5.37. The molecule has 3 saturated carbocycles. The predicted octanol–water partition coefficient (Wildman–Crippen LogP) is 1.82. The molecule has 1 amide bonds. The minimum absolute atomic E-state index is 0.0425. The molecular weight excluding hydrogens is 290 g/mol. The van der Waals surface area contributed by atoms with Gasteiger partial charge in [-0.15, -0.1) is 11.6 Å². The first kappa shape index (κ1) is 14.2. The molecule has 3 N–H and O–H groups in total. The average Bonchev–Trinajstić information content (AvgIpc) is 3.39. The summed E-state index contributed by atoms with van der Waals surface area (Å²) in [5, 5.41) is 3.17. The Morgan fingerprint density at radius 3 is 2.57 bits per heavy atom. The summed E-state index contributed by atoms with van der Waals surface area (Å²) in [5.41, 5.74) is 5.93. The minimum Gasteiger partial charge on any atom is -0.324 e. The van der Waals surface area contributed by atoms with E-state index in [1.54, 1.807) is 0 Å². The summed E-state index contributed by atoms with van der Waals surface area (Å²) in [5.74, 6) is 1.05. The lowest BCUT2D eigenvalue weighted by molar-refractivity contribution is -0.133. The normalized spacial score (nSPS) is 41.8. The number of hydrogen-bond acceptors (Lipinski definition) is 4. The average molecular weight is 314 g/mol. The Kier molecular flexibility index (Phi) is 3.64. The van der Waals surface area contributed by atoms with Gasteiger partial charge >= 0.3 is 0 Å². The maximum absolute atomic E-state index is 12.7.